The van der Waals surface area contributed by atoms with Crippen molar-refractivity contribution >= 4 is 17.1 Å². The summed E-state index contributed by atoms with van der Waals surface area (Å²) in [7, 11) is 0. The van der Waals surface area contributed by atoms with E-state index >= 15 is 0 Å². The molecule has 0 amide bonds. The Kier molecular flexibility index (Phi) is 4.24. The van der Waals surface area contributed by atoms with Crippen LogP contribution in [0.3, 0.4) is 0 Å². The summed E-state index contributed by atoms with van der Waals surface area (Å²) < 4.78 is 5.44. The van der Waals surface area contributed by atoms with Crippen LogP contribution in [0, 0.1) is 17.0 Å². The van der Waals surface area contributed by atoms with E-state index < -0.39 is 0 Å². The molecule has 0 bridgehead atoms. The molecule has 0 spiro atoms. The number of furan rings is 1. The molecule has 1 heterocycles. The molecule has 0 radical (unpaired) electrons. The van der Waals surface area contributed by atoms with E-state index in [0.29, 0.717) is 24.5 Å². The van der Waals surface area contributed by atoms with Gasteiger partial charge in [0.1, 0.15) is 22.9 Å². The lowest BCUT2D eigenvalue weighted by atomic mass is 10.2. The summed E-state index contributed by atoms with van der Waals surface area (Å²) in [5.74, 6) is 1.56. The summed E-state index contributed by atoms with van der Waals surface area (Å²) in [6.45, 7) is 4.79. The number of para-hydroxylation sites is 1. The molecule has 0 aliphatic heterocycles. The van der Waals surface area contributed by atoms with Crippen molar-refractivity contribution in [3.8, 4) is 0 Å². The van der Waals surface area contributed by atoms with Crippen LogP contribution in [0.5, 0.6) is 0 Å². The van der Waals surface area contributed by atoms with E-state index in [4.69, 9.17) is 4.42 Å². The third kappa shape index (κ3) is 3.09. The Labute approximate surface area is 116 Å². The monoisotopic (exact) mass is 275 g/mol. The number of nitro groups is 1. The van der Waals surface area contributed by atoms with Gasteiger partial charge in [0.25, 0.3) is 0 Å². The van der Waals surface area contributed by atoms with Gasteiger partial charge in [0.15, 0.2) is 0 Å². The highest BCUT2D eigenvalue weighted by atomic mass is 16.6. The molecule has 6 nitrogen and oxygen atoms in total. The third-order valence-corrected chi connectivity index (χ3v) is 2.83. The zero-order valence-electron chi connectivity index (χ0n) is 11.5. The molecule has 0 aliphatic rings. The topological polar surface area (TPSA) is 80.3 Å². The summed E-state index contributed by atoms with van der Waals surface area (Å²) in [4.78, 5) is 10.9. The van der Waals surface area contributed by atoms with Gasteiger partial charge < -0.3 is 15.1 Å². The summed E-state index contributed by atoms with van der Waals surface area (Å²) in [5.41, 5.74) is 1.04. The Balaban J connectivity index is 2.22. The molecule has 0 aliphatic carbocycles. The quantitative estimate of drug-likeness (QED) is 0.622. The number of aryl methyl sites for hydroxylation is 1. The van der Waals surface area contributed by atoms with Crippen LogP contribution in [-0.4, -0.2) is 11.5 Å². The van der Waals surface area contributed by atoms with Crippen LogP contribution in [0.1, 0.15) is 18.4 Å². The second-order valence-electron chi connectivity index (χ2n) is 4.36. The number of hydrogen-bond donors (Lipinski definition) is 2. The van der Waals surface area contributed by atoms with E-state index in [9.17, 15) is 10.1 Å². The second kappa shape index (κ2) is 6.10. The lowest BCUT2D eigenvalue weighted by molar-refractivity contribution is -0.383. The van der Waals surface area contributed by atoms with Gasteiger partial charge in [-0.2, -0.15) is 0 Å². The second-order valence-corrected chi connectivity index (χ2v) is 4.36. The first-order chi connectivity index (χ1) is 9.61. The predicted molar refractivity (Wildman–Crippen MR) is 78.0 cm³/mol. The van der Waals surface area contributed by atoms with Gasteiger partial charge in [-0.1, -0.05) is 6.07 Å². The van der Waals surface area contributed by atoms with Crippen LogP contribution in [0.25, 0.3) is 0 Å². The predicted octanol–water partition coefficient (Wildman–Crippen LogP) is 3.54. The van der Waals surface area contributed by atoms with E-state index in [1.807, 2.05) is 26.0 Å². The van der Waals surface area contributed by atoms with Gasteiger partial charge >= 0.3 is 5.69 Å². The number of nitro benzene ring substituents is 1. The number of hydrogen-bond acceptors (Lipinski definition) is 5. The van der Waals surface area contributed by atoms with E-state index in [1.54, 1.807) is 18.2 Å². The zero-order chi connectivity index (χ0) is 14.5. The Morgan fingerprint density at radius 3 is 2.45 bits per heavy atom. The molecular weight excluding hydrogens is 258 g/mol. The number of nitrogens with zero attached hydrogens (tertiary/aromatic N) is 1. The van der Waals surface area contributed by atoms with Crippen molar-refractivity contribution in [3.05, 3.63) is 52.0 Å². The SMILES string of the molecule is CCNc1cccc(NCc2ccc(C)o2)c1[N+](=O)[O-]. The highest BCUT2D eigenvalue weighted by molar-refractivity contribution is 5.76. The van der Waals surface area contributed by atoms with Crippen molar-refractivity contribution in [2.24, 2.45) is 0 Å². The van der Waals surface area contributed by atoms with Crippen LogP contribution >= 0.6 is 0 Å². The highest BCUT2D eigenvalue weighted by Crippen LogP contribution is 2.33. The maximum absolute atomic E-state index is 11.2. The van der Waals surface area contributed by atoms with Crippen LogP contribution < -0.4 is 10.6 Å². The molecular formula is C14H17N3O3. The fourth-order valence-corrected chi connectivity index (χ4v) is 1.98. The summed E-state index contributed by atoms with van der Waals surface area (Å²) in [6, 6.07) is 8.88. The standard InChI is InChI=1S/C14H17N3O3/c1-3-15-12-5-4-6-13(14(12)17(18)19)16-9-11-8-7-10(2)20-11/h4-8,15-16H,3,9H2,1-2H3. The summed E-state index contributed by atoms with van der Waals surface area (Å²) in [5, 5.41) is 17.3. The Hall–Kier alpha value is -2.50. The van der Waals surface area contributed by atoms with Crippen LogP contribution in [0.4, 0.5) is 17.1 Å². The van der Waals surface area contributed by atoms with Gasteiger partial charge in [-0.15, -0.1) is 0 Å². The maximum atomic E-state index is 11.2. The Bertz CT molecular complexity index is 607. The minimum absolute atomic E-state index is 0.0534. The molecule has 1 aromatic heterocycles. The Morgan fingerprint density at radius 1 is 1.20 bits per heavy atom. The van der Waals surface area contributed by atoms with E-state index in [2.05, 4.69) is 10.6 Å². The first-order valence-corrected chi connectivity index (χ1v) is 6.42. The smallest absolute Gasteiger partial charge is 0.315 e. The lowest BCUT2D eigenvalue weighted by Crippen LogP contribution is -2.06. The van der Waals surface area contributed by atoms with Gasteiger partial charge in [-0.3, -0.25) is 10.1 Å². The zero-order valence-corrected chi connectivity index (χ0v) is 11.5. The fraction of sp³-hybridized carbons (Fsp3) is 0.286. The van der Waals surface area contributed by atoms with Gasteiger partial charge in [0, 0.05) is 6.54 Å². The molecule has 0 unspecified atom stereocenters. The highest BCUT2D eigenvalue weighted by Gasteiger charge is 2.19. The van der Waals surface area contributed by atoms with E-state index in [0.717, 1.165) is 11.5 Å². The normalized spacial score (nSPS) is 10.3. The van der Waals surface area contributed by atoms with Crippen LogP contribution in [0.15, 0.2) is 34.7 Å². The van der Waals surface area contributed by atoms with Gasteiger partial charge in [0.2, 0.25) is 0 Å². The third-order valence-electron chi connectivity index (χ3n) is 2.83. The van der Waals surface area contributed by atoms with Crippen molar-refractivity contribution in [2.75, 3.05) is 17.2 Å². The van der Waals surface area contributed by atoms with E-state index in [-0.39, 0.29) is 10.6 Å². The summed E-state index contributed by atoms with van der Waals surface area (Å²) in [6.07, 6.45) is 0. The van der Waals surface area contributed by atoms with E-state index in [1.165, 1.54) is 0 Å². The molecule has 0 saturated heterocycles. The minimum atomic E-state index is -0.381. The van der Waals surface area contributed by atoms with Gasteiger partial charge in [-0.05, 0) is 38.1 Å². The maximum Gasteiger partial charge on any atom is 0.315 e. The molecule has 6 heteroatoms. The number of benzene rings is 1. The Morgan fingerprint density at radius 2 is 1.90 bits per heavy atom. The minimum Gasteiger partial charge on any atom is -0.465 e. The van der Waals surface area contributed by atoms with Crippen molar-refractivity contribution < 1.29 is 9.34 Å². The first-order valence-electron chi connectivity index (χ1n) is 6.42. The largest absolute Gasteiger partial charge is 0.465 e. The molecule has 0 atom stereocenters. The fourth-order valence-electron chi connectivity index (χ4n) is 1.98. The lowest BCUT2D eigenvalue weighted by Gasteiger charge is -2.10. The van der Waals surface area contributed by atoms with Gasteiger partial charge in [0.05, 0.1) is 11.5 Å². The molecule has 20 heavy (non-hydrogen) atoms. The average Bonchev–Trinajstić information content (AvgIpc) is 2.82. The molecule has 2 rings (SSSR count). The van der Waals surface area contributed by atoms with Crippen molar-refractivity contribution in [3.63, 3.8) is 0 Å². The van der Waals surface area contributed by atoms with Crippen LogP contribution in [0.2, 0.25) is 0 Å². The molecule has 1 aromatic carbocycles. The molecule has 2 aromatic rings. The molecule has 0 fully saturated rings. The first kappa shape index (κ1) is 13.9. The van der Waals surface area contributed by atoms with Crippen molar-refractivity contribution in [1.29, 1.82) is 0 Å². The number of anilines is 2. The molecule has 2 N–H and O–H groups in total. The molecule has 0 saturated carbocycles. The number of nitrogens with one attached hydrogen (secondary N) is 2. The summed E-state index contributed by atoms with van der Waals surface area (Å²) >= 11 is 0. The van der Waals surface area contributed by atoms with Crippen molar-refractivity contribution in [1.82, 2.24) is 0 Å². The van der Waals surface area contributed by atoms with Crippen molar-refractivity contribution in [2.45, 2.75) is 20.4 Å². The molecule has 106 valence electrons. The number of rotatable bonds is 6. The van der Waals surface area contributed by atoms with Crippen LogP contribution in [-0.2, 0) is 6.54 Å². The average molecular weight is 275 g/mol. The van der Waals surface area contributed by atoms with Gasteiger partial charge in [-0.25, -0.2) is 0 Å².